The van der Waals surface area contributed by atoms with Crippen LogP contribution in [0.3, 0.4) is 0 Å². The number of rotatable bonds is 10. The Bertz CT molecular complexity index is 535. The van der Waals surface area contributed by atoms with Gasteiger partial charge in [-0.05, 0) is 55.3 Å². The van der Waals surface area contributed by atoms with Gasteiger partial charge >= 0.3 is 0 Å². The topological polar surface area (TPSA) is 24.1 Å². The van der Waals surface area contributed by atoms with Crippen molar-refractivity contribution in [3.8, 4) is 0 Å². The molecular weight excluding hydrogens is 280 g/mol. The van der Waals surface area contributed by atoms with Crippen LogP contribution in [-0.4, -0.2) is 0 Å². The Morgan fingerprint density at radius 2 is 1.96 bits per heavy atom. The highest BCUT2D eigenvalue weighted by molar-refractivity contribution is 5.52. The normalized spacial score (nSPS) is 13.4. The number of anilines is 1. The summed E-state index contributed by atoms with van der Waals surface area (Å²) in [7, 11) is 0. The molecular formula is C21H30N2. The lowest BCUT2D eigenvalue weighted by Gasteiger charge is -2.13. The van der Waals surface area contributed by atoms with Gasteiger partial charge in [0.25, 0.3) is 0 Å². The van der Waals surface area contributed by atoms with Gasteiger partial charge in [0.2, 0.25) is 0 Å². The summed E-state index contributed by atoms with van der Waals surface area (Å²) in [4.78, 5) is 0. The van der Waals surface area contributed by atoms with Gasteiger partial charge in [-0.2, -0.15) is 0 Å². The lowest BCUT2D eigenvalue weighted by molar-refractivity contribution is 0.624. The maximum absolute atomic E-state index is 3.77. The van der Waals surface area contributed by atoms with Crippen LogP contribution in [0.25, 0.3) is 0 Å². The van der Waals surface area contributed by atoms with Gasteiger partial charge in [-0.25, -0.2) is 0 Å². The number of allylic oxidation sites excluding steroid dienone is 4. The first-order chi connectivity index (χ1) is 11.2. The molecule has 0 fully saturated rings. The molecule has 1 rings (SSSR count). The van der Waals surface area contributed by atoms with Gasteiger partial charge < -0.3 is 10.6 Å². The van der Waals surface area contributed by atoms with Crippen molar-refractivity contribution >= 4 is 5.69 Å². The third kappa shape index (κ3) is 7.55. The molecule has 1 unspecified atom stereocenters. The van der Waals surface area contributed by atoms with Crippen LogP contribution in [0, 0.1) is 0 Å². The Labute approximate surface area is 141 Å². The molecule has 0 aliphatic rings. The van der Waals surface area contributed by atoms with Crippen molar-refractivity contribution in [2.45, 2.75) is 46.0 Å². The van der Waals surface area contributed by atoms with E-state index in [-0.39, 0.29) is 0 Å². The molecule has 0 aromatic heterocycles. The summed E-state index contributed by atoms with van der Waals surface area (Å²) in [6.45, 7) is 10.3. The zero-order chi connectivity index (χ0) is 16.9. The van der Waals surface area contributed by atoms with Crippen molar-refractivity contribution in [3.05, 3.63) is 78.8 Å². The van der Waals surface area contributed by atoms with Crippen molar-refractivity contribution in [1.82, 2.24) is 5.32 Å². The number of hydrogen-bond donors (Lipinski definition) is 2. The van der Waals surface area contributed by atoms with E-state index in [0.717, 1.165) is 11.4 Å². The van der Waals surface area contributed by atoms with Gasteiger partial charge in [-0.15, -0.1) is 0 Å². The summed E-state index contributed by atoms with van der Waals surface area (Å²) in [5.74, 6) is 0.622. The molecule has 1 atom stereocenters. The van der Waals surface area contributed by atoms with Crippen molar-refractivity contribution in [1.29, 1.82) is 0 Å². The minimum absolute atomic E-state index is 0.622. The average molecular weight is 310 g/mol. The SMILES string of the molecule is C=C/C=C(\C=C\N/C=C/C)Nc1ccc(C(C)CCCC)cc1. The largest absolute Gasteiger partial charge is 0.368 e. The summed E-state index contributed by atoms with van der Waals surface area (Å²) < 4.78 is 0. The van der Waals surface area contributed by atoms with E-state index >= 15 is 0 Å². The molecule has 1 aromatic rings. The van der Waals surface area contributed by atoms with E-state index in [1.54, 1.807) is 6.08 Å². The first-order valence-corrected chi connectivity index (χ1v) is 8.44. The molecule has 124 valence electrons. The standard InChI is InChI=1S/C21H30N2/c1-5-8-10-18(4)19-11-13-21(14-12-19)23-20(9-6-2)15-17-22-16-7-3/h6-7,9,11-18,22-23H,2,5,8,10H2,1,3-4H3/b16-7+,17-15+,20-9+. The molecule has 0 heterocycles. The summed E-state index contributed by atoms with van der Waals surface area (Å²) in [6.07, 6.45) is 15.2. The van der Waals surface area contributed by atoms with E-state index in [0.29, 0.717) is 5.92 Å². The second-order valence-electron chi connectivity index (χ2n) is 5.65. The summed E-state index contributed by atoms with van der Waals surface area (Å²) in [5.41, 5.74) is 3.48. The third-order valence-electron chi connectivity index (χ3n) is 3.68. The van der Waals surface area contributed by atoms with E-state index in [2.05, 4.69) is 55.3 Å². The average Bonchev–Trinajstić information content (AvgIpc) is 2.57. The molecule has 0 saturated heterocycles. The molecule has 0 saturated carbocycles. The minimum Gasteiger partial charge on any atom is -0.368 e. The fourth-order valence-corrected chi connectivity index (χ4v) is 2.29. The van der Waals surface area contributed by atoms with Crippen LogP contribution in [0.15, 0.2) is 73.2 Å². The Hall–Kier alpha value is -2.22. The van der Waals surface area contributed by atoms with E-state index in [1.807, 2.05) is 37.6 Å². The Morgan fingerprint density at radius 1 is 1.22 bits per heavy atom. The molecule has 2 heteroatoms. The molecule has 0 amide bonds. The van der Waals surface area contributed by atoms with Crippen LogP contribution in [0.5, 0.6) is 0 Å². The second-order valence-corrected chi connectivity index (χ2v) is 5.65. The zero-order valence-corrected chi connectivity index (χ0v) is 14.7. The minimum atomic E-state index is 0.622. The Morgan fingerprint density at radius 3 is 2.57 bits per heavy atom. The van der Waals surface area contributed by atoms with E-state index < -0.39 is 0 Å². The fourth-order valence-electron chi connectivity index (χ4n) is 2.29. The third-order valence-corrected chi connectivity index (χ3v) is 3.68. The lowest BCUT2D eigenvalue weighted by atomic mass is 9.95. The second kappa shape index (κ2) is 11.4. The van der Waals surface area contributed by atoms with Crippen LogP contribution in [0.1, 0.15) is 51.5 Å². The van der Waals surface area contributed by atoms with E-state index in [9.17, 15) is 0 Å². The quantitative estimate of drug-likeness (QED) is 0.510. The van der Waals surface area contributed by atoms with Crippen LogP contribution in [0.4, 0.5) is 5.69 Å². The molecule has 1 aromatic carbocycles. The number of hydrogen-bond acceptors (Lipinski definition) is 2. The molecule has 2 nitrogen and oxygen atoms in total. The maximum Gasteiger partial charge on any atom is 0.0398 e. The van der Waals surface area contributed by atoms with Crippen LogP contribution in [0.2, 0.25) is 0 Å². The highest BCUT2D eigenvalue weighted by Crippen LogP contribution is 2.23. The predicted molar refractivity (Wildman–Crippen MR) is 103 cm³/mol. The van der Waals surface area contributed by atoms with Crippen molar-refractivity contribution < 1.29 is 0 Å². The highest BCUT2D eigenvalue weighted by Gasteiger charge is 2.04. The molecule has 0 radical (unpaired) electrons. The Balaban J connectivity index is 2.68. The van der Waals surface area contributed by atoms with Crippen LogP contribution < -0.4 is 10.6 Å². The number of benzene rings is 1. The molecule has 2 N–H and O–H groups in total. The molecule has 0 spiro atoms. The zero-order valence-electron chi connectivity index (χ0n) is 14.7. The molecule has 0 aliphatic carbocycles. The van der Waals surface area contributed by atoms with Crippen LogP contribution in [-0.2, 0) is 0 Å². The highest BCUT2D eigenvalue weighted by atomic mass is 14.9. The molecule has 0 bridgehead atoms. The lowest BCUT2D eigenvalue weighted by Crippen LogP contribution is -2.00. The van der Waals surface area contributed by atoms with E-state index in [4.69, 9.17) is 0 Å². The fraction of sp³-hybridized carbons (Fsp3) is 0.333. The van der Waals surface area contributed by atoms with Gasteiger partial charge in [-0.3, -0.25) is 0 Å². The monoisotopic (exact) mass is 310 g/mol. The van der Waals surface area contributed by atoms with Crippen molar-refractivity contribution in [2.24, 2.45) is 0 Å². The number of unbranched alkanes of at least 4 members (excludes halogenated alkanes) is 1. The van der Waals surface area contributed by atoms with Gasteiger partial charge in [-0.1, -0.05) is 57.6 Å². The van der Waals surface area contributed by atoms with Gasteiger partial charge in [0.1, 0.15) is 0 Å². The van der Waals surface area contributed by atoms with Crippen molar-refractivity contribution in [3.63, 3.8) is 0 Å². The first-order valence-electron chi connectivity index (χ1n) is 8.44. The van der Waals surface area contributed by atoms with Crippen molar-refractivity contribution in [2.75, 3.05) is 5.32 Å². The van der Waals surface area contributed by atoms with Gasteiger partial charge in [0.05, 0.1) is 0 Å². The predicted octanol–water partition coefficient (Wildman–Crippen LogP) is 6.10. The van der Waals surface area contributed by atoms with Crippen LogP contribution >= 0.6 is 0 Å². The first kappa shape index (κ1) is 18.8. The smallest absolute Gasteiger partial charge is 0.0398 e. The van der Waals surface area contributed by atoms with E-state index in [1.165, 1.54) is 24.8 Å². The van der Waals surface area contributed by atoms with Gasteiger partial charge in [0, 0.05) is 17.6 Å². The summed E-state index contributed by atoms with van der Waals surface area (Å²) in [6, 6.07) is 8.72. The summed E-state index contributed by atoms with van der Waals surface area (Å²) >= 11 is 0. The molecule has 0 aliphatic heterocycles. The molecule has 23 heavy (non-hydrogen) atoms. The maximum atomic E-state index is 3.77. The Kier molecular flexibility index (Phi) is 9.30. The summed E-state index contributed by atoms with van der Waals surface area (Å²) in [5, 5.41) is 6.48. The van der Waals surface area contributed by atoms with Gasteiger partial charge in [0.15, 0.2) is 0 Å². The number of nitrogens with one attached hydrogen (secondary N) is 2.